The molecular weight excluding hydrogens is 234 g/mol. The molecule has 0 aromatic heterocycles. The van der Waals surface area contributed by atoms with Crippen molar-refractivity contribution in [1.82, 2.24) is 0 Å². The van der Waals surface area contributed by atoms with Crippen molar-refractivity contribution in [3.8, 4) is 0 Å². The normalized spacial score (nSPS) is 12.2. The lowest BCUT2D eigenvalue weighted by Gasteiger charge is -2.18. The van der Waals surface area contributed by atoms with E-state index in [0.717, 1.165) is 11.3 Å². The molecule has 1 unspecified atom stereocenters. The highest BCUT2D eigenvalue weighted by Crippen LogP contribution is 2.22. The van der Waals surface area contributed by atoms with Crippen LogP contribution in [-0.2, 0) is 6.42 Å². The Bertz CT molecular complexity index is 519. The van der Waals surface area contributed by atoms with Crippen LogP contribution in [0.25, 0.3) is 0 Å². The Morgan fingerprint density at radius 3 is 2.37 bits per heavy atom. The highest BCUT2D eigenvalue weighted by atomic mass is 16.2. The second-order valence-electron chi connectivity index (χ2n) is 4.89. The van der Waals surface area contributed by atoms with E-state index in [-0.39, 0.29) is 12.6 Å². The molecule has 2 rings (SSSR count). The molecule has 0 aliphatic heterocycles. The second kappa shape index (κ2) is 6.39. The first-order chi connectivity index (χ1) is 9.20. The minimum absolute atomic E-state index is 0.201. The van der Waals surface area contributed by atoms with Crippen molar-refractivity contribution in [2.24, 2.45) is 0 Å². The third-order valence-electron chi connectivity index (χ3n) is 3.39. The van der Waals surface area contributed by atoms with Gasteiger partial charge in [-0.2, -0.15) is 0 Å². The molecule has 0 aliphatic carbocycles. The number of anilines is 1. The minimum atomic E-state index is 0.201. The van der Waals surface area contributed by atoms with Crippen LogP contribution in [0.2, 0.25) is 0 Å². The van der Waals surface area contributed by atoms with Crippen LogP contribution in [0.3, 0.4) is 0 Å². The van der Waals surface area contributed by atoms with Crippen LogP contribution in [0.4, 0.5) is 5.69 Å². The Kier molecular flexibility index (Phi) is 4.58. The number of aliphatic hydroxyl groups is 1. The maximum atomic E-state index is 8.90. The smallest absolute Gasteiger partial charge is 0.0488 e. The average Bonchev–Trinajstić information content (AvgIpc) is 2.42. The highest BCUT2D eigenvalue weighted by molar-refractivity contribution is 5.47. The third-order valence-corrected chi connectivity index (χ3v) is 3.39. The summed E-state index contributed by atoms with van der Waals surface area (Å²) >= 11 is 0. The maximum Gasteiger partial charge on any atom is 0.0488 e. The van der Waals surface area contributed by atoms with Gasteiger partial charge in [-0.05, 0) is 49.1 Å². The molecule has 2 aromatic rings. The van der Waals surface area contributed by atoms with Crippen LogP contribution in [-0.4, -0.2) is 11.7 Å². The number of hydrogen-bond donors (Lipinski definition) is 2. The van der Waals surface area contributed by atoms with Gasteiger partial charge in [-0.15, -0.1) is 0 Å². The summed E-state index contributed by atoms with van der Waals surface area (Å²) in [5, 5.41) is 12.4. The van der Waals surface area contributed by atoms with E-state index < -0.39 is 0 Å². The summed E-state index contributed by atoms with van der Waals surface area (Å²) in [5.41, 5.74) is 4.90. The summed E-state index contributed by atoms with van der Waals surface area (Å²) in [5.74, 6) is 0. The number of rotatable bonds is 5. The fourth-order valence-corrected chi connectivity index (χ4v) is 2.30. The van der Waals surface area contributed by atoms with Gasteiger partial charge in [0.25, 0.3) is 0 Å². The molecule has 0 bridgehead atoms. The summed E-state index contributed by atoms with van der Waals surface area (Å²) in [4.78, 5) is 0. The molecule has 0 aliphatic rings. The molecule has 100 valence electrons. The monoisotopic (exact) mass is 255 g/mol. The molecule has 0 amide bonds. The van der Waals surface area contributed by atoms with Crippen molar-refractivity contribution in [2.75, 3.05) is 11.9 Å². The number of nitrogens with one attached hydrogen (secondary N) is 1. The number of hydrogen-bond acceptors (Lipinski definition) is 2. The summed E-state index contributed by atoms with van der Waals surface area (Å²) in [6.07, 6.45) is 0.716. The zero-order valence-electron chi connectivity index (χ0n) is 11.6. The third kappa shape index (κ3) is 3.58. The SMILES string of the molecule is Cc1ccccc1C(C)Nc1ccc(CCO)cc1. The van der Waals surface area contributed by atoms with E-state index in [1.807, 2.05) is 0 Å². The lowest BCUT2D eigenvalue weighted by molar-refractivity contribution is 0.299. The van der Waals surface area contributed by atoms with Crippen molar-refractivity contribution in [3.63, 3.8) is 0 Å². The van der Waals surface area contributed by atoms with Crippen LogP contribution in [0.15, 0.2) is 48.5 Å². The molecule has 0 radical (unpaired) electrons. The molecule has 2 heteroatoms. The summed E-state index contributed by atoms with van der Waals surface area (Å²) in [6.45, 7) is 4.51. The second-order valence-corrected chi connectivity index (χ2v) is 4.89. The first-order valence-electron chi connectivity index (χ1n) is 6.72. The Balaban J connectivity index is 2.06. The van der Waals surface area contributed by atoms with E-state index >= 15 is 0 Å². The summed E-state index contributed by atoms with van der Waals surface area (Å²) in [7, 11) is 0. The molecule has 0 saturated carbocycles. The summed E-state index contributed by atoms with van der Waals surface area (Å²) < 4.78 is 0. The highest BCUT2D eigenvalue weighted by Gasteiger charge is 2.07. The fourth-order valence-electron chi connectivity index (χ4n) is 2.30. The Labute approximate surface area is 115 Å². The fraction of sp³-hybridized carbons (Fsp3) is 0.294. The van der Waals surface area contributed by atoms with Gasteiger partial charge in [-0.3, -0.25) is 0 Å². The molecule has 0 spiro atoms. The Morgan fingerprint density at radius 1 is 1.05 bits per heavy atom. The van der Waals surface area contributed by atoms with Crippen LogP contribution < -0.4 is 5.32 Å². The molecule has 2 nitrogen and oxygen atoms in total. The van der Waals surface area contributed by atoms with E-state index in [0.29, 0.717) is 6.42 Å². The van der Waals surface area contributed by atoms with Crippen LogP contribution in [0.1, 0.15) is 29.7 Å². The zero-order chi connectivity index (χ0) is 13.7. The molecule has 0 fully saturated rings. The standard InChI is InChI=1S/C17H21NO/c1-13-5-3-4-6-17(13)14(2)18-16-9-7-15(8-10-16)11-12-19/h3-10,14,18-19H,11-12H2,1-2H3. The van der Waals surface area contributed by atoms with Gasteiger partial charge in [0, 0.05) is 18.3 Å². The molecule has 2 N–H and O–H groups in total. The van der Waals surface area contributed by atoms with Crippen LogP contribution in [0, 0.1) is 6.92 Å². The van der Waals surface area contributed by atoms with Crippen LogP contribution >= 0.6 is 0 Å². The average molecular weight is 255 g/mol. The molecular formula is C17H21NO. The van der Waals surface area contributed by atoms with Gasteiger partial charge in [0.1, 0.15) is 0 Å². The van der Waals surface area contributed by atoms with E-state index in [1.54, 1.807) is 0 Å². The first-order valence-corrected chi connectivity index (χ1v) is 6.72. The molecule has 0 saturated heterocycles. The number of aryl methyl sites for hydroxylation is 1. The maximum absolute atomic E-state index is 8.90. The quantitative estimate of drug-likeness (QED) is 0.853. The summed E-state index contributed by atoms with van der Waals surface area (Å²) in [6, 6.07) is 17.0. The first kappa shape index (κ1) is 13.6. The Morgan fingerprint density at radius 2 is 1.74 bits per heavy atom. The van der Waals surface area contributed by atoms with E-state index in [2.05, 4.69) is 67.7 Å². The van der Waals surface area contributed by atoms with Crippen molar-refractivity contribution in [2.45, 2.75) is 26.3 Å². The molecule has 2 aromatic carbocycles. The van der Waals surface area contributed by atoms with Gasteiger partial charge in [-0.1, -0.05) is 36.4 Å². The van der Waals surface area contributed by atoms with Crippen molar-refractivity contribution in [1.29, 1.82) is 0 Å². The predicted molar refractivity (Wildman–Crippen MR) is 80.4 cm³/mol. The molecule has 1 atom stereocenters. The lowest BCUT2D eigenvalue weighted by Crippen LogP contribution is -2.08. The lowest BCUT2D eigenvalue weighted by atomic mass is 10.0. The van der Waals surface area contributed by atoms with Gasteiger partial charge in [0.2, 0.25) is 0 Å². The number of aliphatic hydroxyl groups excluding tert-OH is 1. The Hall–Kier alpha value is -1.80. The van der Waals surface area contributed by atoms with Gasteiger partial charge >= 0.3 is 0 Å². The molecule has 19 heavy (non-hydrogen) atoms. The number of benzene rings is 2. The minimum Gasteiger partial charge on any atom is -0.396 e. The van der Waals surface area contributed by atoms with E-state index in [9.17, 15) is 0 Å². The van der Waals surface area contributed by atoms with Crippen molar-refractivity contribution >= 4 is 5.69 Å². The largest absolute Gasteiger partial charge is 0.396 e. The van der Waals surface area contributed by atoms with Crippen molar-refractivity contribution in [3.05, 3.63) is 65.2 Å². The predicted octanol–water partition coefficient (Wildman–Crippen LogP) is 3.70. The van der Waals surface area contributed by atoms with Crippen molar-refractivity contribution < 1.29 is 5.11 Å². The topological polar surface area (TPSA) is 32.3 Å². The van der Waals surface area contributed by atoms with Gasteiger partial charge in [0.15, 0.2) is 0 Å². The van der Waals surface area contributed by atoms with Gasteiger partial charge < -0.3 is 10.4 Å². The van der Waals surface area contributed by atoms with Gasteiger partial charge in [0.05, 0.1) is 0 Å². The van der Waals surface area contributed by atoms with E-state index in [1.165, 1.54) is 11.1 Å². The zero-order valence-corrected chi connectivity index (χ0v) is 11.6. The van der Waals surface area contributed by atoms with Crippen LogP contribution in [0.5, 0.6) is 0 Å². The van der Waals surface area contributed by atoms with E-state index in [4.69, 9.17) is 5.11 Å². The molecule has 0 heterocycles. The van der Waals surface area contributed by atoms with Gasteiger partial charge in [-0.25, -0.2) is 0 Å².